The normalized spacial score (nSPS) is 14.6. The largest absolute Gasteiger partial charge is 0.497 e. The van der Waals surface area contributed by atoms with Crippen LogP contribution in [0.25, 0.3) is 0 Å². The van der Waals surface area contributed by atoms with Crippen molar-refractivity contribution in [2.75, 3.05) is 19.5 Å². The minimum atomic E-state index is -0.202. The molecule has 1 aromatic heterocycles. The summed E-state index contributed by atoms with van der Waals surface area (Å²) < 4.78 is 12.4. The van der Waals surface area contributed by atoms with E-state index >= 15 is 0 Å². The molecular formula is C18H23N3O3. The second-order valence-corrected chi connectivity index (χ2v) is 6.11. The monoisotopic (exact) mass is 329 g/mol. The Morgan fingerprint density at radius 1 is 1.12 bits per heavy atom. The Bertz CT molecular complexity index is 711. The number of methoxy groups -OCH3 is 2. The molecular weight excluding hydrogens is 306 g/mol. The maximum absolute atomic E-state index is 12.7. The maximum Gasteiger partial charge on any atom is 0.257 e. The number of aromatic nitrogens is 2. The molecule has 1 aromatic carbocycles. The number of carbonyl (C=O) groups excluding carboxylic acids is 1. The zero-order valence-corrected chi connectivity index (χ0v) is 14.3. The molecule has 3 rings (SSSR count). The van der Waals surface area contributed by atoms with Crippen LogP contribution in [0.3, 0.4) is 0 Å². The Labute approximate surface area is 141 Å². The highest BCUT2D eigenvalue weighted by atomic mass is 16.5. The van der Waals surface area contributed by atoms with Gasteiger partial charge in [0.05, 0.1) is 26.0 Å². The average Bonchev–Trinajstić information content (AvgIpc) is 3.23. The van der Waals surface area contributed by atoms with Gasteiger partial charge in [0.25, 0.3) is 5.91 Å². The number of anilines is 1. The first kappa shape index (κ1) is 16.4. The van der Waals surface area contributed by atoms with Crippen molar-refractivity contribution in [2.45, 2.75) is 38.6 Å². The van der Waals surface area contributed by atoms with Crippen molar-refractivity contribution in [2.24, 2.45) is 0 Å². The molecule has 128 valence electrons. The minimum Gasteiger partial charge on any atom is -0.497 e. The summed E-state index contributed by atoms with van der Waals surface area (Å²) in [6.07, 6.45) is 4.64. The fourth-order valence-corrected chi connectivity index (χ4v) is 3.16. The smallest absolute Gasteiger partial charge is 0.257 e. The molecule has 1 fully saturated rings. The summed E-state index contributed by atoms with van der Waals surface area (Å²) in [5.74, 6) is 1.71. The van der Waals surface area contributed by atoms with E-state index in [4.69, 9.17) is 9.47 Å². The van der Waals surface area contributed by atoms with Crippen molar-refractivity contribution in [3.63, 3.8) is 0 Å². The van der Waals surface area contributed by atoms with Gasteiger partial charge in [-0.1, -0.05) is 12.8 Å². The molecule has 0 atom stereocenters. The zero-order chi connectivity index (χ0) is 17.1. The van der Waals surface area contributed by atoms with Crippen molar-refractivity contribution in [3.05, 3.63) is 35.5 Å². The number of carbonyl (C=O) groups is 1. The molecule has 1 heterocycles. The summed E-state index contributed by atoms with van der Waals surface area (Å²) in [6.45, 7) is 1.94. The van der Waals surface area contributed by atoms with Gasteiger partial charge in [0, 0.05) is 17.7 Å². The van der Waals surface area contributed by atoms with Crippen LogP contribution >= 0.6 is 0 Å². The maximum atomic E-state index is 12.7. The lowest BCUT2D eigenvalue weighted by Gasteiger charge is -2.15. The molecule has 1 N–H and O–H groups in total. The van der Waals surface area contributed by atoms with E-state index in [0.717, 1.165) is 24.4 Å². The van der Waals surface area contributed by atoms with E-state index in [0.29, 0.717) is 23.1 Å². The van der Waals surface area contributed by atoms with Crippen LogP contribution in [0.5, 0.6) is 11.5 Å². The SMILES string of the molecule is COc1cc(OC)cc(C(=O)Nc2cc(C)nn2C2CCCC2)c1. The predicted octanol–water partition coefficient (Wildman–Crippen LogP) is 3.58. The summed E-state index contributed by atoms with van der Waals surface area (Å²) in [5, 5.41) is 7.54. The molecule has 24 heavy (non-hydrogen) atoms. The number of rotatable bonds is 5. The van der Waals surface area contributed by atoms with Crippen LogP contribution in [0.2, 0.25) is 0 Å². The van der Waals surface area contributed by atoms with Gasteiger partial charge >= 0.3 is 0 Å². The summed E-state index contributed by atoms with van der Waals surface area (Å²) >= 11 is 0. The number of aryl methyl sites for hydroxylation is 1. The second-order valence-electron chi connectivity index (χ2n) is 6.11. The molecule has 2 aromatic rings. The number of hydrogen-bond donors (Lipinski definition) is 1. The van der Waals surface area contributed by atoms with Crippen LogP contribution in [0, 0.1) is 6.92 Å². The highest BCUT2D eigenvalue weighted by Crippen LogP contribution is 2.32. The van der Waals surface area contributed by atoms with E-state index in [-0.39, 0.29) is 5.91 Å². The lowest BCUT2D eigenvalue weighted by atomic mass is 10.2. The summed E-state index contributed by atoms with van der Waals surface area (Å²) in [4.78, 5) is 12.7. The number of nitrogens with zero attached hydrogens (tertiary/aromatic N) is 2. The Hall–Kier alpha value is -2.50. The van der Waals surface area contributed by atoms with Gasteiger partial charge in [-0.05, 0) is 31.9 Å². The number of benzene rings is 1. The summed E-state index contributed by atoms with van der Waals surface area (Å²) in [6, 6.07) is 7.41. The highest BCUT2D eigenvalue weighted by Gasteiger charge is 2.22. The van der Waals surface area contributed by atoms with Crippen LogP contribution in [0.15, 0.2) is 24.3 Å². The van der Waals surface area contributed by atoms with E-state index in [9.17, 15) is 4.79 Å². The van der Waals surface area contributed by atoms with Gasteiger partial charge < -0.3 is 14.8 Å². The molecule has 0 bridgehead atoms. The molecule has 1 aliphatic rings. The molecule has 0 saturated heterocycles. The molecule has 6 nitrogen and oxygen atoms in total. The first-order valence-corrected chi connectivity index (χ1v) is 8.21. The number of ether oxygens (including phenoxy) is 2. The summed E-state index contributed by atoms with van der Waals surface area (Å²) in [5.41, 5.74) is 1.39. The highest BCUT2D eigenvalue weighted by molar-refractivity contribution is 6.04. The average molecular weight is 329 g/mol. The Balaban J connectivity index is 1.85. The van der Waals surface area contributed by atoms with Gasteiger partial charge in [-0.15, -0.1) is 0 Å². The predicted molar refractivity (Wildman–Crippen MR) is 92.0 cm³/mol. The van der Waals surface area contributed by atoms with Crippen LogP contribution < -0.4 is 14.8 Å². The second kappa shape index (κ2) is 6.95. The van der Waals surface area contributed by atoms with Gasteiger partial charge in [-0.3, -0.25) is 4.79 Å². The molecule has 1 aliphatic carbocycles. The van der Waals surface area contributed by atoms with Crippen molar-refractivity contribution in [1.82, 2.24) is 9.78 Å². The molecule has 6 heteroatoms. The number of nitrogens with one attached hydrogen (secondary N) is 1. The Morgan fingerprint density at radius 2 is 1.75 bits per heavy atom. The topological polar surface area (TPSA) is 65.4 Å². The quantitative estimate of drug-likeness (QED) is 0.910. The van der Waals surface area contributed by atoms with Gasteiger partial charge in [-0.25, -0.2) is 4.68 Å². The number of amides is 1. The number of hydrogen-bond acceptors (Lipinski definition) is 4. The Kier molecular flexibility index (Phi) is 4.74. The van der Waals surface area contributed by atoms with Gasteiger partial charge in [0.2, 0.25) is 0 Å². The molecule has 1 saturated carbocycles. The standard InChI is InChI=1S/C18H23N3O3/c1-12-8-17(21(20-12)14-6-4-5-7-14)19-18(22)13-9-15(23-2)11-16(10-13)24-3/h8-11,14H,4-7H2,1-3H3,(H,19,22). The van der Waals surface area contributed by atoms with Gasteiger partial charge in [-0.2, -0.15) is 5.10 Å². The lowest BCUT2D eigenvalue weighted by molar-refractivity contribution is 0.102. The third-order valence-corrected chi connectivity index (χ3v) is 4.38. The lowest BCUT2D eigenvalue weighted by Crippen LogP contribution is -2.17. The van der Waals surface area contributed by atoms with E-state index in [2.05, 4.69) is 10.4 Å². The van der Waals surface area contributed by atoms with Gasteiger partial charge in [0.15, 0.2) is 0 Å². The zero-order valence-electron chi connectivity index (χ0n) is 14.3. The molecule has 0 radical (unpaired) electrons. The minimum absolute atomic E-state index is 0.202. The molecule has 0 spiro atoms. The van der Waals surface area contributed by atoms with Crippen LogP contribution in [0.1, 0.15) is 47.8 Å². The van der Waals surface area contributed by atoms with Crippen LogP contribution in [0.4, 0.5) is 5.82 Å². The fourth-order valence-electron chi connectivity index (χ4n) is 3.16. The molecule has 0 unspecified atom stereocenters. The fraction of sp³-hybridized carbons (Fsp3) is 0.444. The van der Waals surface area contributed by atoms with Crippen LogP contribution in [-0.2, 0) is 0 Å². The first-order chi connectivity index (χ1) is 11.6. The van der Waals surface area contributed by atoms with Gasteiger partial charge in [0.1, 0.15) is 17.3 Å². The van der Waals surface area contributed by atoms with E-state index in [1.165, 1.54) is 12.8 Å². The first-order valence-electron chi connectivity index (χ1n) is 8.21. The Morgan fingerprint density at radius 3 is 2.33 bits per heavy atom. The van der Waals surface area contributed by atoms with Crippen molar-refractivity contribution >= 4 is 11.7 Å². The van der Waals surface area contributed by atoms with Crippen molar-refractivity contribution < 1.29 is 14.3 Å². The van der Waals surface area contributed by atoms with Crippen molar-refractivity contribution in [3.8, 4) is 11.5 Å². The molecule has 1 amide bonds. The third-order valence-electron chi connectivity index (χ3n) is 4.38. The third kappa shape index (κ3) is 3.37. The molecule has 0 aliphatic heterocycles. The van der Waals surface area contributed by atoms with Crippen molar-refractivity contribution in [1.29, 1.82) is 0 Å². The van der Waals surface area contributed by atoms with Crippen LogP contribution in [-0.4, -0.2) is 29.9 Å². The summed E-state index contributed by atoms with van der Waals surface area (Å²) in [7, 11) is 3.13. The van der Waals surface area contributed by atoms with E-state index in [1.54, 1.807) is 32.4 Å². The van der Waals surface area contributed by atoms with E-state index in [1.807, 2.05) is 17.7 Å². The van der Waals surface area contributed by atoms with E-state index < -0.39 is 0 Å².